The molecule has 3 atom stereocenters. The van der Waals surface area contributed by atoms with E-state index in [1.807, 2.05) is 62.4 Å². The highest BCUT2D eigenvalue weighted by molar-refractivity contribution is 7.13. The van der Waals surface area contributed by atoms with Gasteiger partial charge in [0.2, 0.25) is 23.6 Å². The number of hydrogen-bond donors (Lipinski definition) is 4. The molecule has 2 fully saturated rings. The summed E-state index contributed by atoms with van der Waals surface area (Å²) in [5.41, 5.74) is 5.83. The first-order chi connectivity index (χ1) is 34.5. The molecule has 3 aromatic carbocycles. The molecule has 0 unspecified atom stereocenters. The van der Waals surface area contributed by atoms with E-state index in [4.69, 9.17) is 37.4 Å². The minimum absolute atomic E-state index is 0.0247. The van der Waals surface area contributed by atoms with Crippen molar-refractivity contribution < 1.29 is 38.5 Å². The molecule has 7 rings (SSSR count). The molecule has 20 heteroatoms. The average Bonchev–Trinajstić information content (AvgIpc) is 3.99. The molecule has 0 radical (unpaired) electrons. The van der Waals surface area contributed by atoms with Gasteiger partial charge in [0.15, 0.2) is 11.5 Å². The zero-order chi connectivity index (χ0) is 51.7. The van der Waals surface area contributed by atoms with Gasteiger partial charge in [-0.1, -0.05) is 68.2 Å². The van der Waals surface area contributed by atoms with Crippen molar-refractivity contribution in [3.8, 4) is 33.8 Å². The van der Waals surface area contributed by atoms with Crippen molar-refractivity contribution in [3.05, 3.63) is 87.1 Å². The van der Waals surface area contributed by atoms with Crippen molar-refractivity contribution >= 4 is 80.4 Å². The molecule has 2 aliphatic rings. The highest BCUT2D eigenvalue weighted by atomic mass is 35.5. The second-order valence-corrected chi connectivity index (χ2v) is 20.7. The number of hydrogen-bond acceptors (Lipinski definition) is 14. The number of nitrogens with one attached hydrogen (secondary N) is 3. The Bertz CT molecular complexity index is 2810. The molecule has 0 spiro atoms. The van der Waals surface area contributed by atoms with Crippen LogP contribution in [0.4, 0.5) is 11.4 Å². The van der Waals surface area contributed by atoms with Crippen molar-refractivity contribution in [2.24, 2.45) is 5.41 Å². The number of amides is 4. The van der Waals surface area contributed by atoms with Crippen LogP contribution in [0.5, 0.6) is 17.2 Å². The van der Waals surface area contributed by atoms with Gasteiger partial charge < -0.3 is 45.1 Å². The van der Waals surface area contributed by atoms with Gasteiger partial charge in [0.1, 0.15) is 23.9 Å². The van der Waals surface area contributed by atoms with E-state index in [2.05, 4.69) is 36.9 Å². The van der Waals surface area contributed by atoms with E-state index in [-0.39, 0.29) is 50.1 Å². The summed E-state index contributed by atoms with van der Waals surface area (Å²) in [7, 11) is 3.04. The molecule has 2 aromatic heterocycles. The van der Waals surface area contributed by atoms with Crippen LogP contribution in [-0.4, -0.2) is 132 Å². The first kappa shape index (κ1) is 53.6. The molecule has 0 aliphatic carbocycles. The average molecular weight is 1040 g/mol. The topological polar surface area (TPSA) is 212 Å². The van der Waals surface area contributed by atoms with E-state index < -0.39 is 29.5 Å². The van der Waals surface area contributed by atoms with Crippen molar-refractivity contribution in [2.45, 2.75) is 84.5 Å². The first-order valence-corrected chi connectivity index (χ1v) is 25.5. The van der Waals surface area contributed by atoms with Crippen LogP contribution in [0.25, 0.3) is 21.3 Å². The number of nitrogens with zero attached hydrogens (tertiary/aromatic N) is 6. The van der Waals surface area contributed by atoms with Crippen LogP contribution in [0.1, 0.15) is 69.7 Å². The summed E-state index contributed by atoms with van der Waals surface area (Å²) >= 11 is 14.3. The number of piperazine rings is 1. The Kier molecular flexibility index (Phi) is 17.9. The molecule has 4 heterocycles. The number of nitriles is 1. The number of carbonyl (C=O) groups excluding carboxylic acids is 4. The Labute approximate surface area is 433 Å². The summed E-state index contributed by atoms with van der Waals surface area (Å²) in [5.74, 6) is 0.163. The molecule has 2 aliphatic heterocycles. The van der Waals surface area contributed by atoms with Crippen LogP contribution >= 0.6 is 34.5 Å². The van der Waals surface area contributed by atoms with Crippen molar-refractivity contribution in [2.75, 3.05) is 65.4 Å². The summed E-state index contributed by atoms with van der Waals surface area (Å²) in [4.78, 5) is 69.6. The Hall–Kier alpha value is -6.23. The predicted octanol–water partition coefficient (Wildman–Crippen LogP) is 7.50. The largest absolute Gasteiger partial charge is 0.495 e. The third kappa shape index (κ3) is 13.0. The normalized spacial score (nSPS) is 16.5. The number of rotatable bonds is 19. The highest BCUT2D eigenvalue weighted by Crippen LogP contribution is 2.41. The van der Waals surface area contributed by atoms with Crippen LogP contribution in [0.2, 0.25) is 10.0 Å². The van der Waals surface area contributed by atoms with Gasteiger partial charge in [0.25, 0.3) is 0 Å². The Balaban J connectivity index is 0.838. The van der Waals surface area contributed by atoms with Gasteiger partial charge in [-0.3, -0.25) is 29.1 Å². The van der Waals surface area contributed by atoms with Crippen molar-refractivity contribution in [1.82, 2.24) is 35.3 Å². The smallest absolute Gasteiger partial charge is 0.246 e. The number of thiazole rings is 1. The van der Waals surface area contributed by atoms with E-state index in [1.165, 1.54) is 18.2 Å². The van der Waals surface area contributed by atoms with E-state index in [1.54, 1.807) is 42.7 Å². The number of ether oxygens (including phenoxy) is 3. The van der Waals surface area contributed by atoms with Gasteiger partial charge in [-0.25, -0.2) is 4.98 Å². The summed E-state index contributed by atoms with van der Waals surface area (Å²) in [6.45, 7) is 11.3. The quantitative estimate of drug-likeness (QED) is 0.0591. The molecule has 72 heavy (non-hydrogen) atoms. The minimum Gasteiger partial charge on any atom is -0.495 e. The molecule has 4 amide bonds. The van der Waals surface area contributed by atoms with Crippen LogP contribution in [0.3, 0.4) is 0 Å². The van der Waals surface area contributed by atoms with E-state index in [0.717, 1.165) is 28.2 Å². The van der Waals surface area contributed by atoms with Crippen LogP contribution in [0.15, 0.2) is 60.2 Å². The molecule has 0 saturated carbocycles. The fraction of sp³-hybridized carbons (Fsp3) is 0.442. The number of fused-ring (bicyclic) bond motifs is 1. The number of methoxy groups -OCH3 is 2. The number of benzene rings is 3. The molecule has 0 bridgehead atoms. The molecule has 17 nitrogen and oxygen atoms in total. The molecule has 4 N–H and O–H groups in total. The molecular formula is C52H61Cl2N9O8S. The number of anilines is 2. The van der Waals surface area contributed by atoms with Crippen LogP contribution in [-0.2, 0) is 25.7 Å². The van der Waals surface area contributed by atoms with Gasteiger partial charge in [-0.05, 0) is 48.4 Å². The van der Waals surface area contributed by atoms with E-state index in [9.17, 15) is 29.5 Å². The standard InChI is InChI=1S/C52H61Cl2N9O8S/c1-31-48(72-30-58-31)33-13-11-32(12-14-33)27-57-50(67)41-21-35(64)29-63(41)51(68)49(52(2,3)4)60-45(65)9-7-10-46(66)62-18-16-61(17-19-62)15-8-20-71-44-24-39-36(22-43(44)70-6)47(34(26-55)28-56-39)59-40-25-42(69-5)38(54)23-37(40)53/h11-14,22-25,28,30,35,41,49,64H,7-10,15-21,27,29H2,1-6H3,(H,56,59)(H,57,67)(H,60,65)/t35-,41+,49-/m1/s1. The summed E-state index contributed by atoms with van der Waals surface area (Å²) in [5, 5.41) is 30.9. The molecular weight excluding hydrogens is 982 g/mol. The maximum Gasteiger partial charge on any atom is 0.246 e. The van der Waals surface area contributed by atoms with Crippen molar-refractivity contribution in [1.29, 1.82) is 5.26 Å². The lowest BCUT2D eigenvalue weighted by molar-refractivity contribution is -0.144. The number of pyridine rings is 1. The fourth-order valence-electron chi connectivity index (χ4n) is 8.87. The number of β-amino-alcohol motifs (C(OH)–C–C–N with tert-alkyl or cyclic N) is 1. The fourth-order valence-corrected chi connectivity index (χ4v) is 10.2. The summed E-state index contributed by atoms with van der Waals surface area (Å²) in [6, 6.07) is 14.9. The molecule has 2 saturated heterocycles. The zero-order valence-corrected chi connectivity index (χ0v) is 43.7. The molecule has 382 valence electrons. The van der Waals surface area contributed by atoms with Gasteiger partial charge >= 0.3 is 0 Å². The van der Waals surface area contributed by atoms with Gasteiger partial charge in [0, 0.05) is 88.8 Å². The number of carbonyl (C=O) groups is 4. The van der Waals surface area contributed by atoms with E-state index in [0.29, 0.717) is 101 Å². The number of aliphatic hydroxyl groups is 1. The second kappa shape index (κ2) is 24.0. The minimum atomic E-state index is -0.962. The lowest BCUT2D eigenvalue weighted by Gasteiger charge is -2.35. The number of likely N-dealkylation sites (tertiary alicyclic amines) is 1. The maximum atomic E-state index is 14.1. The van der Waals surface area contributed by atoms with Gasteiger partial charge in [0.05, 0.1) is 75.5 Å². The van der Waals surface area contributed by atoms with Gasteiger partial charge in [-0.2, -0.15) is 5.26 Å². The number of aromatic nitrogens is 2. The Morgan fingerprint density at radius 3 is 2.35 bits per heavy atom. The van der Waals surface area contributed by atoms with Crippen LogP contribution in [0, 0.1) is 23.7 Å². The maximum absolute atomic E-state index is 14.1. The number of halogens is 2. The SMILES string of the molecule is COc1cc(Nc2c(C#N)cnc3cc(OCCCN4CCN(C(=O)CCCC(=O)N[C@H](C(=O)N5C[C@H](O)C[C@H]5C(=O)NCc5ccc(-c6scnc6C)cc5)C(C)(C)C)CC4)c(OC)cc23)c(Cl)cc1Cl. The lowest BCUT2D eigenvalue weighted by Crippen LogP contribution is -2.57. The Morgan fingerprint density at radius 2 is 1.68 bits per heavy atom. The number of aliphatic hydroxyl groups excluding tert-OH is 1. The molecule has 5 aromatic rings. The van der Waals surface area contributed by atoms with Crippen LogP contribution < -0.4 is 30.2 Å². The summed E-state index contributed by atoms with van der Waals surface area (Å²) < 4.78 is 17.2. The van der Waals surface area contributed by atoms with E-state index >= 15 is 0 Å². The second-order valence-electron chi connectivity index (χ2n) is 19.0. The third-order valence-corrected chi connectivity index (χ3v) is 14.5. The Morgan fingerprint density at radius 1 is 0.944 bits per heavy atom. The first-order valence-electron chi connectivity index (χ1n) is 23.9. The monoisotopic (exact) mass is 1040 g/mol. The van der Waals surface area contributed by atoms with Crippen molar-refractivity contribution in [3.63, 3.8) is 0 Å². The lowest BCUT2D eigenvalue weighted by atomic mass is 9.85. The van der Waals surface area contributed by atoms with Gasteiger partial charge in [-0.15, -0.1) is 11.3 Å². The number of aryl methyl sites for hydroxylation is 1. The predicted molar refractivity (Wildman–Crippen MR) is 278 cm³/mol. The third-order valence-electron chi connectivity index (χ3n) is 12.9. The zero-order valence-electron chi connectivity index (χ0n) is 41.4. The highest BCUT2D eigenvalue weighted by Gasteiger charge is 2.44. The summed E-state index contributed by atoms with van der Waals surface area (Å²) in [6.07, 6.45) is 1.93.